The molecule has 0 saturated heterocycles. The van der Waals surface area contributed by atoms with E-state index in [1.807, 2.05) is 36.4 Å². The summed E-state index contributed by atoms with van der Waals surface area (Å²) < 4.78 is 0. The van der Waals surface area contributed by atoms with E-state index >= 15 is 0 Å². The van der Waals surface area contributed by atoms with E-state index in [0.29, 0.717) is 0 Å². The smallest absolute Gasteiger partial charge is 0.0391 e. The summed E-state index contributed by atoms with van der Waals surface area (Å²) in [6.45, 7) is 2.13. The van der Waals surface area contributed by atoms with E-state index in [2.05, 4.69) is 49.1 Å². The number of hydrogen-bond acceptors (Lipinski definition) is 1. The maximum Gasteiger partial charge on any atom is 0.0391 e. The number of rotatable bonds is 1. The Hall–Kier alpha value is -2.30. The lowest BCUT2D eigenvalue weighted by Gasteiger charge is -1.93. The van der Waals surface area contributed by atoms with E-state index in [0.717, 1.165) is 11.1 Å². The van der Waals surface area contributed by atoms with Crippen LogP contribution >= 0.6 is 11.3 Å². The lowest BCUT2D eigenvalue weighted by molar-refractivity contribution is 1.58. The van der Waals surface area contributed by atoms with Crippen LogP contribution in [0.1, 0.15) is 16.0 Å². The van der Waals surface area contributed by atoms with Crippen LogP contribution in [0.3, 0.4) is 0 Å². The van der Waals surface area contributed by atoms with Gasteiger partial charge in [0.15, 0.2) is 0 Å². The molecule has 0 bridgehead atoms. The van der Waals surface area contributed by atoms with Gasteiger partial charge in [0, 0.05) is 20.9 Å². The highest BCUT2D eigenvalue weighted by molar-refractivity contribution is 7.15. The van der Waals surface area contributed by atoms with Crippen molar-refractivity contribution in [1.29, 1.82) is 0 Å². The Morgan fingerprint density at radius 3 is 2.15 bits per heavy atom. The van der Waals surface area contributed by atoms with Gasteiger partial charge in [0.1, 0.15) is 0 Å². The van der Waals surface area contributed by atoms with Crippen molar-refractivity contribution in [2.24, 2.45) is 0 Å². The molecule has 1 heterocycles. The second kappa shape index (κ2) is 5.77. The summed E-state index contributed by atoms with van der Waals surface area (Å²) in [5.74, 6) is 6.50. The molecule has 0 atom stereocenters. The molecule has 1 heteroatoms. The van der Waals surface area contributed by atoms with E-state index in [1.165, 1.54) is 15.3 Å². The van der Waals surface area contributed by atoms with Gasteiger partial charge in [-0.3, -0.25) is 0 Å². The summed E-state index contributed by atoms with van der Waals surface area (Å²) in [5, 5.41) is 0. The fourth-order valence-electron chi connectivity index (χ4n) is 2.01. The molecule has 3 rings (SSSR count). The van der Waals surface area contributed by atoms with E-state index in [9.17, 15) is 0 Å². The first-order valence-electron chi connectivity index (χ1n) is 6.56. The quantitative estimate of drug-likeness (QED) is 0.540. The highest BCUT2D eigenvalue weighted by Crippen LogP contribution is 2.30. The second-order valence-corrected chi connectivity index (χ2v) is 5.82. The van der Waals surface area contributed by atoms with E-state index in [4.69, 9.17) is 0 Å². The molecule has 0 saturated carbocycles. The molecular weight excluding hydrogens is 260 g/mol. The lowest BCUT2D eigenvalue weighted by atomic mass is 10.1. The summed E-state index contributed by atoms with van der Waals surface area (Å²) in [6.07, 6.45) is 0. The average molecular weight is 274 g/mol. The molecule has 0 N–H and O–H groups in total. The lowest BCUT2D eigenvalue weighted by Crippen LogP contribution is -1.74. The maximum atomic E-state index is 3.28. The van der Waals surface area contributed by atoms with E-state index in [1.54, 1.807) is 11.3 Å². The Kier molecular flexibility index (Phi) is 3.67. The van der Waals surface area contributed by atoms with Crippen molar-refractivity contribution in [3.63, 3.8) is 0 Å². The minimum atomic E-state index is 1.05. The van der Waals surface area contributed by atoms with Crippen LogP contribution in [0.25, 0.3) is 10.4 Å². The monoisotopic (exact) mass is 274 g/mol. The Labute approximate surface area is 123 Å². The third-order valence-electron chi connectivity index (χ3n) is 3.09. The number of hydrogen-bond donors (Lipinski definition) is 0. The highest BCUT2D eigenvalue weighted by Gasteiger charge is 2.04. The molecule has 20 heavy (non-hydrogen) atoms. The Morgan fingerprint density at radius 1 is 0.800 bits per heavy atom. The van der Waals surface area contributed by atoms with Crippen molar-refractivity contribution in [1.82, 2.24) is 0 Å². The van der Waals surface area contributed by atoms with Gasteiger partial charge in [0.2, 0.25) is 0 Å². The van der Waals surface area contributed by atoms with Crippen LogP contribution in [0.2, 0.25) is 0 Å². The van der Waals surface area contributed by atoms with Crippen molar-refractivity contribution in [3.05, 3.63) is 82.7 Å². The summed E-state index contributed by atoms with van der Waals surface area (Å²) >= 11 is 1.80. The Balaban J connectivity index is 1.93. The van der Waals surface area contributed by atoms with Crippen LogP contribution in [0.15, 0.2) is 66.7 Å². The van der Waals surface area contributed by atoms with E-state index in [-0.39, 0.29) is 0 Å². The largest absolute Gasteiger partial charge is 0.139 e. The summed E-state index contributed by atoms with van der Waals surface area (Å²) in [7, 11) is 0. The number of thiophene rings is 1. The van der Waals surface area contributed by atoms with Crippen LogP contribution in [0.4, 0.5) is 0 Å². The molecule has 0 aliphatic carbocycles. The average Bonchev–Trinajstić information content (AvgIpc) is 2.88. The van der Waals surface area contributed by atoms with Gasteiger partial charge in [-0.15, -0.1) is 11.3 Å². The second-order valence-electron chi connectivity index (χ2n) is 4.56. The molecule has 2 aromatic carbocycles. The van der Waals surface area contributed by atoms with Gasteiger partial charge in [-0.1, -0.05) is 60.4 Å². The van der Waals surface area contributed by atoms with Gasteiger partial charge < -0.3 is 0 Å². The summed E-state index contributed by atoms with van der Waals surface area (Å²) in [4.78, 5) is 2.55. The molecular formula is C19H14S. The van der Waals surface area contributed by atoms with Gasteiger partial charge in [-0.25, -0.2) is 0 Å². The third-order valence-corrected chi connectivity index (χ3v) is 4.19. The van der Waals surface area contributed by atoms with Gasteiger partial charge >= 0.3 is 0 Å². The van der Waals surface area contributed by atoms with Gasteiger partial charge in [-0.2, -0.15) is 0 Å². The van der Waals surface area contributed by atoms with Gasteiger partial charge in [0.25, 0.3) is 0 Å². The van der Waals surface area contributed by atoms with Crippen LogP contribution in [0.5, 0.6) is 0 Å². The first-order valence-corrected chi connectivity index (χ1v) is 7.37. The Morgan fingerprint density at radius 2 is 1.45 bits per heavy atom. The predicted molar refractivity (Wildman–Crippen MR) is 86.9 cm³/mol. The summed E-state index contributed by atoms with van der Waals surface area (Å²) in [5.41, 5.74) is 3.44. The van der Waals surface area contributed by atoms with Crippen LogP contribution < -0.4 is 0 Å². The number of aryl methyl sites for hydroxylation is 1. The SMILES string of the molecule is Cc1sc(-c2ccccc2)cc1C#Cc1ccccc1. The fraction of sp³-hybridized carbons (Fsp3) is 0.0526. The van der Waals surface area contributed by atoms with Crippen molar-refractivity contribution >= 4 is 11.3 Å². The topological polar surface area (TPSA) is 0 Å². The fourth-order valence-corrected chi connectivity index (χ4v) is 2.99. The minimum absolute atomic E-state index is 1.05. The minimum Gasteiger partial charge on any atom is -0.139 e. The Bertz CT molecular complexity index is 756. The van der Waals surface area contributed by atoms with Crippen LogP contribution in [-0.4, -0.2) is 0 Å². The number of benzene rings is 2. The molecule has 0 aliphatic rings. The molecule has 96 valence electrons. The molecule has 0 fully saturated rings. The molecule has 0 nitrogen and oxygen atoms in total. The van der Waals surface area contributed by atoms with Gasteiger partial charge in [0.05, 0.1) is 0 Å². The van der Waals surface area contributed by atoms with Crippen molar-refractivity contribution < 1.29 is 0 Å². The molecule has 1 aromatic heterocycles. The highest BCUT2D eigenvalue weighted by atomic mass is 32.1. The molecule has 0 amide bonds. The van der Waals surface area contributed by atoms with Crippen molar-refractivity contribution in [2.75, 3.05) is 0 Å². The molecule has 0 aliphatic heterocycles. The standard InChI is InChI=1S/C19H14S/c1-15-18(13-12-16-8-4-2-5-9-16)14-19(20-15)17-10-6-3-7-11-17/h2-11,14H,1H3. The molecule has 0 spiro atoms. The first kappa shape index (κ1) is 12.7. The predicted octanol–water partition coefficient (Wildman–Crippen LogP) is 5.12. The zero-order chi connectivity index (χ0) is 13.8. The van der Waals surface area contributed by atoms with E-state index < -0.39 is 0 Å². The zero-order valence-corrected chi connectivity index (χ0v) is 12.1. The summed E-state index contributed by atoms with van der Waals surface area (Å²) in [6, 6.07) is 22.7. The normalized spacial score (nSPS) is 9.85. The zero-order valence-electron chi connectivity index (χ0n) is 11.3. The third kappa shape index (κ3) is 2.82. The molecule has 0 unspecified atom stereocenters. The van der Waals surface area contributed by atoms with Gasteiger partial charge in [-0.05, 0) is 30.7 Å². The first-order chi connectivity index (χ1) is 9.83. The van der Waals surface area contributed by atoms with Crippen molar-refractivity contribution in [2.45, 2.75) is 6.92 Å². The molecule has 3 aromatic rings. The molecule has 0 radical (unpaired) electrons. The maximum absolute atomic E-state index is 3.28. The van der Waals surface area contributed by atoms with Crippen LogP contribution in [-0.2, 0) is 0 Å². The van der Waals surface area contributed by atoms with Crippen LogP contribution in [0, 0.1) is 18.8 Å². The van der Waals surface area contributed by atoms with Crippen molar-refractivity contribution in [3.8, 4) is 22.3 Å².